The Kier molecular flexibility index (Phi) is 3.22. The summed E-state index contributed by atoms with van der Waals surface area (Å²) in [6, 6.07) is 5.89. The van der Waals surface area contributed by atoms with Crippen LogP contribution in [-0.2, 0) is 6.42 Å². The van der Waals surface area contributed by atoms with Crippen molar-refractivity contribution in [2.24, 2.45) is 0 Å². The van der Waals surface area contributed by atoms with Crippen LogP contribution < -0.4 is 4.74 Å². The third-order valence-corrected chi connectivity index (χ3v) is 2.96. The maximum Gasteiger partial charge on any atom is 0.131 e. The maximum atomic E-state index is 9.93. The molecule has 0 aliphatic carbocycles. The molecular formula is C14H18O3. The van der Waals surface area contributed by atoms with Crippen molar-refractivity contribution in [2.45, 2.75) is 32.0 Å². The van der Waals surface area contributed by atoms with Gasteiger partial charge in [-0.15, -0.1) is 0 Å². The Bertz CT molecular complexity index is 430. The van der Waals surface area contributed by atoms with Crippen molar-refractivity contribution in [2.75, 3.05) is 6.61 Å². The molecule has 3 nitrogen and oxygen atoms in total. The van der Waals surface area contributed by atoms with Crippen LogP contribution in [-0.4, -0.2) is 28.5 Å². The fourth-order valence-electron chi connectivity index (χ4n) is 1.95. The minimum atomic E-state index is -0.833. The van der Waals surface area contributed by atoms with E-state index in [1.807, 2.05) is 24.3 Å². The lowest BCUT2D eigenvalue weighted by Crippen LogP contribution is -2.39. The molecule has 1 aliphatic heterocycles. The van der Waals surface area contributed by atoms with Gasteiger partial charge in [0, 0.05) is 6.42 Å². The zero-order valence-corrected chi connectivity index (χ0v) is 10.2. The summed E-state index contributed by atoms with van der Waals surface area (Å²) in [6.45, 7) is 3.56. The summed E-state index contributed by atoms with van der Waals surface area (Å²) in [4.78, 5) is 0. The molecule has 0 unspecified atom stereocenters. The van der Waals surface area contributed by atoms with Crippen LogP contribution >= 0.6 is 0 Å². The molecular weight excluding hydrogens is 216 g/mol. The SMILES string of the molecule is CC(C)(O)[C@@H]1Cc2cc(/C=C\CO)ccc2O1. The minimum absolute atomic E-state index is 0.0415. The van der Waals surface area contributed by atoms with Gasteiger partial charge in [0.25, 0.3) is 0 Å². The van der Waals surface area contributed by atoms with E-state index in [2.05, 4.69) is 0 Å². The number of rotatable bonds is 3. The van der Waals surface area contributed by atoms with Crippen molar-refractivity contribution in [1.82, 2.24) is 0 Å². The molecule has 0 amide bonds. The largest absolute Gasteiger partial charge is 0.487 e. The first-order valence-electron chi connectivity index (χ1n) is 5.80. The van der Waals surface area contributed by atoms with Crippen LogP contribution in [0.2, 0.25) is 0 Å². The van der Waals surface area contributed by atoms with Gasteiger partial charge in [0.2, 0.25) is 0 Å². The van der Waals surface area contributed by atoms with Gasteiger partial charge in [0.1, 0.15) is 11.9 Å². The highest BCUT2D eigenvalue weighted by atomic mass is 16.5. The Hall–Kier alpha value is -1.32. The standard InChI is InChI=1S/C14H18O3/c1-14(2,16)13-9-11-8-10(4-3-7-15)5-6-12(11)17-13/h3-6,8,13,15-16H,7,9H2,1-2H3/b4-3-/t13-/m0/s1. The zero-order chi connectivity index (χ0) is 12.5. The zero-order valence-electron chi connectivity index (χ0n) is 10.2. The number of ether oxygens (including phenoxy) is 1. The van der Waals surface area contributed by atoms with Crippen molar-refractivity contribution in [3.63, 3.8) is 0 Å². The van der Waals surface area contributed by atoms with Gasteiger partial charge < -0.3 is 14.9 Å². The first-order valence-corrected chi connectivity index (χ1v) is 5.80. The van der Waals surface area contributed by atoms with Crippen LogP contribution in [0.4, 0.5) is 0 Å². The van der Waals surface area contributed by atoms with Crippen molar-refractivity contribution in [3.8, 4) is 5.75 Å². The summed E-state index contributed by atoms with van der Waals surface area (Å²) < 4.78 is 5.71. The molecule has 92 valence electrons. The molecule has 1 aliphatic rings. The number of hydrogen-bond acceptors (Lipinski definition) is 3. The Morgan fingerprint density at radius 1 is 1.47 bits per heavy atom. The fourth-order valence-corrected chi connectivity index (χ4v) is 1.95. The predicted octanol–water partition coefficient (Wildman–Crippen LogP) is 1.77. The van der Waals surface area contributed by atoms with E-state index in [4.69, 9.17) is 9.84 Å². The number of aliphatic hydroxyl groups is 2. The molecule has 0 spiro atoms. The van der Waals surface area contributed by atoms with Gasteiger partial charge in [0.05, 0.1) is 12.2 Å². The van der Waals surface area contributed by atoms with Crippen LogP contribution in [0.25, 0.3) is 6.08 Å². The van der Waals surface area contributed by atoms with E-state index in [0.29, 0.717) is 0 Å². The molecule has 1 aromatic rings. The summed E-state index contributed by atoms with van der Waals surface area (Å²) in [5, 5.41) is 18.7. The first-order chi connectivity index (χ1) is 8.00. The lowest BCUT2D eigenvalue weighted by molar-refractivity contribution is -0.0229. The molecule has 1 heterocycles. The van der Waals surface area contributed by atoms with Crippen molar-refractivity contribution in [1.29, 1.82) is 0 Å². The predicted molar refractivity (Wildman–Crippen MR) is 67.0 cm³/mol. The summed E-state index contributed by atoms with van der Waals surface area (Å²) in [5.74, 6) is 0.846. The molecule has 0 radical (unpaired) electrons. The van der Waals surface area contributed by atoms with Gasteiger partial charge in [-0.3, -0.25) is 0 Å². The van der Waals surface area contributed by atoms with Gasteiger partial charge >= 0.3 is 0 Å². The highest BCUT2D eigenvalue weighted by Crippen LogP contribution is 2.33. The molecule has 1 aromatic carbocycles. The molecule has 17 heavy (non-hydrogen) atoms. The number of benzene rings is 1. The van der Waals surface area contributed by atoms with E-state index in [0.717, 1.165) is 23.3 Å². The van der Waals surface area contributed by atoms with Crippen LogP contribution in [0, 0.1) is 0 Å². The highest BCUT2D eigenvalue weighted by Gasteiger charge is 2.34. The molecule has 2 rings (SSSR count). The van der Waals surface area contributed by atoms with Crippen molar-refractivity contribution >= 4 is 6.08 Å². The van der Waals surface area contributed by atoms with Crippen molar-refractivity contribution < 1.29 is 14.9 Å². The van der Waals surface area contributed by atoms with E-state index in [-0.39, 0.29) is 12.7 Å². The quantitative estimate of drug-likeness (QED) is 0.838. The molecule has 3 heteroatoms. The fraction of sp³-hybridized carbons (Fsp3) is 0.429. The Morgan fingerprint density at radius 3 is 2.88 bits per heavy atom. The lowest BCUT2D eigenvalue weighted by atomic mass is 9.96. The smallest absolute Gasteiger partial charge is 0.131 e. The van der Waals surface area contributed by atoms with E-state index < -0.39 is 5.60 Å². The third kappa shape index (κ3) is 2.68. The maximum absolute atomic E-state index is 9.93. The monoisotopic (exact) mass is 234 g/mol. The second-order valence-electron chi connectivity index (χ2n) is 4.92. The van der Waals surface area contributed by atoms with Gasteiger partial charge in [0.15, 0.2) is 0 Å². The molecule has 0 bridgehead atoms. The summed E-state index contributed by atoms with van der Waals surface area (Å²) in [6.07, 6.45) is 4.11. The van der Waals surface area contributed by atoms with E-state index in [1.54, 1.807) is 19.9 Å². The minimum Gasteiger partial charge on any atom is -0.487 e. The van der Waals surface area contributed by atoms with E-state index >= 15 is 0 Å². The highest BCUT2D eigenvalue weighted by molar-refractivity contribution is 5.54. The van der Waals surface area contributed by atoms with E-state index in [1.165, 1.54) is 0 Å². The van der Waals surface area contributed by atoms with Gasteiger partial charge in [-0.05, 0) is 37.1 Å². The van der Waals surface area contributed by atoms with Crippen molar-refractivity contribution in [3.05, 3.63) is 35.4 Å². The average molecular weight is 234 g/mol. The molecule has 2 N–H and O–H groups in total. The second-order valence-corrected chi connectivity index (χ2v) is 4.92. The molecule has 1 atom stereocenters. The summed E-state index contributed by atoms with van der Waals surface area (Å²) in [7, 11) is 0. The molecule has 0 saturated heterocycles. The number of fused-ring (bicyclic) bond motifs is 1. The second kappa shape index (κ2) is 4.51. The third-order valence-electron chi connectivity index (χ3n) is 2.96. The van der Waals surface area contributed by atoms with Crippen LogP contribution in [0.15, 0.2) is 24.3 Å². The summed E-state index contributed by atoms with van der Waals surface area (Å²) in [5.41, 5.74) is 1.31. The topological polar surface area (TPSA) is 49.7 Å². The van der Waals surface area contributed by atoms with E-state index in [9.17, 15) is 5.11 Å². The van der Waals surface area contributed by atoms with Crippen LogP contribution in [0.1, 0.15) is 25.0 Å². The Balaban J connectivity index is 2.19. The lowest BCUT2D eigenvalue weighted by Gasteiger charge is -2.24. The number of hydrogen-bond donors (Lipinski definition) is 2. The van der Waals surface area contributed by atoms with Gasteiger partial charge in [-0.2, -0.15) is 0 Å². The Labute approximate surface area is 101 Å². The van der Waals surface area contributed by atoms with Gasteiger partial charge in [-0.25, -0.2) is 0 Å². The Morgan fingerprint density at radius 2 is 2.24 bits per heavy atom. The van der Waals surface area contributed by atoms with Crippen LogP contribution in [0.5, 0.6) is 5.75 Å². The summed E-state index contributed by atoms with van der Waals surface area (Å²) >= 11 is 0. The molecule has 0 saturated carbocycles. The molecule has 0 aromatic heterocycles. The van der Waals surface area contributed by atoms with Crippen LogP contribution in [0.3, 0.4) is 0 Å². The average Bonchev–Trinajstić information content (AvgIpc) is 2.68. The molecule has 0 fully saturated rings. The van der Waals surface area contributed by atoms with Gasteiger partial charge in [-0.1, -0.05) is 18.2 Å². The normalized spacial score (nSPS) is 19.4. The first kappa shape index (κ1) is 12.1. The number of aliphatic hydroxyl groups excluding tert-OH is 1.